The molecule has 0 saturated heterocycles. The van der Waals surface area contributed by atoms with E-state index in [1.165, 1.54) is 4.88 Å². The number of halogens is 1. The van der Waals surface area contributed by atoms with Crippen LogP contribution in [0.25, 0.3) is 10.6 Å². The predicted octanol–water partition coefficient (Wildman–Crippen LogP) is 4.77. The highest BCUT2D eigenvalue weighted by Gasteiger charge is 2.21. The largest absolute Gasteiger partial charge is 0.231 e. The second-order valence-electron chi connectivity index (χ2n) is 5.47. The van der Waals surface area contributed by atoms with Crippen molar-refractivity contribution in [2.75, 3.05) is 0 Å². The van der Waals surface area contributed by atoms with Crippen molar-refractivity contribution in [2.45, 2.75) is 40.0 Å². The molecule has 2 aromatic heterocycles. The molecule has 2 heterocycles. The molecule has 0 aliphatic carbocycles. The van der Waals surface area contributed by atoms with Crippen molar-refractivity contribution in [3.05, 3.63) is 33.6 Å². The first-order valence-electron chi connectivity index (χ1n) is 5.90. The molecule has 0 unspecified atom stereocenters. The lowest BCUT2D eigenvalue weighted by atomic mass is 9.95. The zero-order valence-electron chi connectivity index (χ0n) is 11.3. The van der Waals surface area contributed by atoms with Crippen molar-refractivity contribution >= 4 is 22.9 Å². The molecule has 0 amide bonds. The number of thiophene rings is 1. The monoisotopic (exact) mass is 280 g/mol. The number of aryl methyl sites for hydroxylation is 1. The van der Waals surface area contributed by atoms with Crippen LogP contribution in [0.1, 0.15) is 37.0 Å². The van der Waals surface area contributed by atoms with Crippen LogP contribution in [0.4, 0.5) is 0 Å². The Kier molecular flexibility index (Phi) is 3.47. The van der Waals surface area contributed by atoms with E-state index in [2.05, 4.69) is 44.8 Å². The van der Waals surface area contributed by atoms with E-state index in [0.29, 0.717) is 5.15 Å². The summed E-state index contributed by atoms with van der Waals surface area (Å²) in [6.45, 7) is 10.3. The molecule has 0 radical (unpaired) electrons. The van der Waals surface area contributed by atoms with Gasteiger partial charge in [-0.2, -0.15) is 0 Å². The summed E-state index contributed by atoms with van der Waals surface area (Å²) in [5, 5.41) is 0.552. The van der Waals surface area contributed by atoms with Gasteiger partial charge in [-0.25, -0.2) is 9.97 Å². The summed E-state index contributed by atoms with van der Waals surface area (Å²) in [4.78, 5) is 11.5. The molecular formula is C14H17ClN2S. The van der Waals surface area contributed by atoms with Crippen LogP contribution in [0.2, 0.25) is 5.15 Å². The van der Waals surface area contributed by atoms with E-state index < -0.39 is 0 Å². The molecule has 0 N–H and O–H groups in total. The highest BCUT2D eigenvalue weighted by molar-refractivity contribution is 7.15. The lowest BCUT2D eigenvalue weighted by Crippen LogP contribution is -2.17. The minimum atomic E-state index is -0.0988. The Bertz CT molecular complexity index is 582. The normalized spacial score (nSPS) is 11.9. The molecule has 0 atom stereocenters. The van der Waals surface area contributed by atoms with Gasteiger partial charge in [-0.15, -0.1) is 11.3 Å². The van der Waals surface area contributed by atoms with Gasteiger partial charge in [0.1, 0.15) is 11.0 Å². The summed E-state index contributed by atoms with van der Waals surface area (Å²) >= 11 is 7.97. The smallest absolute Gasteiger partial charge is 0.136 e. The van der Waals surface area contributed by atoms with Crippen molar-refractivity contribution in [3.63, 3.8) is 0 Å². The first-order chi connectivity index (χ1) is 8.29. The Morgan fingerprint density at radius 1 is 1.11 bits per heavy atom. The van der Waals surface area contributed by atoms with E-state index in [9.17, 15) is 0 Å². The van der Waals surface area contributed by atoms with Crippen LogP contribution in [-0.2, 0) is 5.41 Å². The van der Waals surface area contributed by atoms with E-state index in [4.69, 9.17) is 16.6 Å². The summed E-state index contributed by atoms with van der Waals surface area (Å²) in [6, 6.07) is 4.20. The molecule has 0 spiro atoms. The Morgan fingerprint density at radius 3 is 2.28 bits per heavy atom. The van der Waals surface area contributed by atoms with E-state index in [0.717, 1.165) is 22.0 Å². The SMILES string of the molecule is Cc1ccc(-c2nc(C(C)(C)C)nc(Cl)c2C)s1. The van der Waals surface area contributed by atoms with E-state index in [-0.39, 0.29) is 5.41 Å². The van der Waals surface area contributed by atoms with E-state index in [1.54, 1.807) is 11.3 Å². The Morgan fingerprint density at radius 2 is 1.78 bits per heavy atom. The van der Waals surface area contributed by atoms with Crippen molar-refractivity contribution in [3.8, 4) is 10.6 Å². The maximum atomic E-state index is 6.24. The van der Waals surface area contributed by atoms with Gasteiger partial charge in [-0.3, -0.25) is 0 Å². The van der Waals surface area contributed by atoms with Crippen molar-refractivity contribution in [1.29, 1.82) is 0 Å². The average Bonchev–Trinajstić information content (AvgIpc) is 2.67. The molecule has 0 bridgehead atoms. The number of nitrogens with zero attached hydrogens (tertiary/aromatic N) is 2. The summed E-state index contributed by atoms with van der Waals surface area (Å²) in [5.74, 6) is 0.791. The first-order valence-corrected chi connectivity index (χ1v) is 7.10. The van der Waals surface area contributed by atoms with Gasteiger partial charge in [0.2, 0.25) is 0 Å². The highest BCUT2D eigenvalue weighted by atomic mass is 35.5. The minimum Gasteiger partial charge on any atom is -0.231 e. The standard InChI is InChI=1S/C14H17ClN2S/c1-8-6-7-10(18-8)11-9(2)12(15)17-13(16-11)14(3,4)5/h6-7H,1-5H3. The van der Waals surface area contributed by atoms with Crippen LogP contribution in [0, 0.1) is 13.8 Å². The fourth-order valence-corrected chi connectivity index (χ4v) is 2.71. The first kappa shape index (κ1) is 13.5. The summed E-state index contributed by atoms with van der Waals surface area (Å²) in [7, 11) is 0. The van der Waals surface area contributed by atoms with Crippen LogP contribution in [-0.4, -0.2) is 9.97 Å². The molecule has 0 saturated carbocycles. The molecule has 4 heteroatoms. The third kappa shape index (κ3) is 2.57. The quantitative estimate of drug-likeness (QED) is 0.703. The molecule has 2 nitrogen and oxygen atoms in total. The summed E-state index contributed by atoms with van der Waals surface area (Å²) in [6.07, 6.45) is 0. The Labute approximate surface area is 117 Å². The third-order valence-corrected chi connectivity index (χ3v) is 4.11. The van der Waals surface area contributed by atoms with Gasteiger partial charge in [-0.1, -0.05) is 32.4 Å². The van der Waals surface area contributed by atoms with Gasteiger partial charge in [0, 0.05) is 15.9 Å². The molecule has 2 aromatic rings. The number of hydrogen-bond donors (Lipinski definition) is 0. The fourth-order valence-electron chi connectivity index (χ4n) is 1.63. The second-order valence-corrected chi connectivity index (χ2v) is 7.12. The highest BCUT2D eigenvalue weighted by Crippen LogP contribution is 2.33. The lowest BCUT2D eigenvalue weighted by molar-refractivity contribution is 0.545. The second kappa shape index (κ2) is 4.63. The Balaban J connectivity index is 2.63. The molecule has 0 aliphatic rings. The molecule has 2 rings (SSSR count). The number of rotatable bonds is 1. The van der Waals surface area contributed by atoms with Crippen LogP contribution < -0.4 is 0 Å². The molecule has 0 aromatic carbocycles. The molecule has 18 heavy (non-hydrogen) atoms. The van der Waals surface area contributed by atoms with Crippen LogP contribution >= 0.6 is 22.9 Å². The van der Waals surface area contributed by atoms with Gasteiger partial charge < -0.3 is 0 Å². The van der Waals surface area contributed by atoms with Crippen LogP contribution in [0.3, 0.4) is 0 Å². The molecule has 96 valence electrons. The number of aromatic nitrogens is 2. The fraction of sp³-hybridized carbons (Fsp3) is 0.429. The molecular weight excluding hydrogens is 264 g/mol. The Hall–Kier alpha value is -0.930. The zero-order valence-corrected chi connectivity index (χ0v) is 12.9. The van der Waals surface area contributed by atoms with Gasteiger partial charge in [-0.05, 0) is 26.0 Å². The van der Waals surface area contributed by atoms with Crippen molar-refractivity contribution in [2.24, 2.45) is 0 Å². The van der Waals surface area contributed by atoms with E-state index in [1.807, 2.05) is 6.92 Å². The summed E-state index contributed by atoms with van der Waals surface area (Å²) < 4.78 is 0. The van der Waals surface area contributed by atoms with Crippen LogP contribution in [0.15, 0.2) is 12.1 Å². The van der Waals surface area contributed by atoms with Gasteiger partial charge in [0.25, 0.3) is 0 Å². The maximum absolute atomic E-state index is 6.24. The number of hydrogen-bond acceptors (Lipinski definition) is 3. The zero-order chi connectivity index (χ0) is 13.5. The van der Waals surface area contributed by atoms with Crippen molar-refractivity contribution < 1.29 is 0 Å². The van der Waals surface area contributed by atoms with Crippen LogP contribution in [0.5, 0.6) is 0 Å². The van der Waals surface area contributed by atoms with Gasteiger partial charge in [0.05, 0.1) is 10.6 Å². The molecule has 0 aliphatic heterocycles. The summed E-state index contributed by atoms with van der Waals surface area (Å²) in [5.41, 5.74) is 1.81. The third-order valence-electron chi connectivity index (χ3n) is 2.73. The average molecular weight is 281 g/mol. The topological polar surface area (TPSA) is 25.8 Å². The van der Waals surface area contributed by atoms with Crippen molar-refractivity contribution in [1.82, 2.24) is 9.97 Å². The van der Waals surface area contributed by atoms with Gasteiger partial charge >= 0.3 is 0 Å². The minimum absolute atomic E-state index is 0.0988. The predicted molar refractivity (Wildman–Crippen MR) is 78.5 cm³/mol. The van der Waals surface area contributed by atoms with Gasteiger partial charge in [0.15, 0.2) is 0 Å². The molecule has 0 fully saturated rings. The maximum Gasteiger partial charge on any atom is 0.136 e. The van der Waals surface area contributed by atoms with E-state index >= 15 is 0 Å². The lowest BCUT2D eigenvalue weighted by Gasteiger charge is -2.18.